The highest BCUT2D eigenvalue weighted by Gasteiger charge is 2.24. The Kier molecular flexibility index (Phi) is 6.96. The van der Waals surface area contributed by atoms with Gasteiger partial charge in [0.05, 0.1) is 0 Å². The Hall–Kier alpha value is -3.35. The van der Waals surface area contributed by atoms with E-state index in [1.54, 1.807) is 24.3 Å². The summed E-state index contributed by atoms with van der Waals surface area (Å²) in [7, 11) is 4.25. The molecule has 1 heterocycles. The van der Waals surface area contributed by atoms with Crippen LogP contribution in [0.3, 0.4) is 0 Å². The number of benzene rings is 3. The van der Waals surface area contributed by atoms with Crippen LogP contribution in [0.5, 0.6) is 0 Å². The Morgan fingerprint density at radius 2 is 1.67 bits per heavy atom. The second-order valence-electron chi connectivity index (χ2n) is 8.83. The fourth-order valence-electron chi connectivity index (χ4n) is 4.20. The number of aliphatic hydroxyl groups is 1. The van der Waals surface area contributed by atoms with Gasteiger partial charge in [0, 0.05) is 47.3 Å². The molecule has 0 spiro atoms. The molecular formula is C27H32N4O2. The van der Waals surface area contributed by atoms with E-state index in [9.17, 15) is 9.90 Å². The molecule has 1 aliphatic rings. The number of likely N-dealkylation sites (N-methyl/N-ethyl adjacent to an activating group) is 1. The predicted molar refractivity (Wildman–Crippen MR) is 135 cm³/mol. The Morgan fingerprint density at radius 1 is 1.00 bits per heavy atom. The van der Waals surface area contributed by atoms with E-state index in [4.69, 9.17) is 0 Å². The van der Waals surface area contributed by atoms with E-state index >= 15 is 0 Å². The lowest BCUT2D eigenvalue weighted by Gasteiger charge is -2.22. The molecule has 1 saturated heterocycles. The highest BCUT2D eigenvalue weighted by molar-refractivity contribution is 6.04. The smallest absolute Gasteiger partial charge is 0.255 e. The lowest BCUT2D eigenvalue weighted by atomic mass is 10.1. The van der Waals surface area contributed by atoms with Crippen LogP contribution in [-0.2, 0) is 0 Å². The largest absolute Gasteiger partial charge is 0.370 e. The molecule has 1 fully saturated rings. The topological polar surface area (TPSA) is 67.8 Å². The molecule has 0 aromatic heterocycles. The Balaban J connectivity index is 1.34. The molecule has 0 radical (unpaired) electrons. The molecule has 0 bridgehead atoms. The number of anilines is 3. The monoisotopic (exact) mass is 444 g/mol. The number of nitrogens with one attached hydrogen (secondary N) is 2. The van der Waals surface area contributed by atoms with Crippen LogP contribution in [0.15, 0.2) is 72.8 Å². The van der Waals surface area contributed by atoms with Crippen molar-refractivity contribution in [1.29, 1.82) is 0 Å². The van der Waals surface area contributed by atoms with Crippen LogP contribution in [-0.4, -0.2) is 49.1 Å². The molecular weight excluding hydrogens is 412 g/mol. The maximum atomic E-state index is 12.7. The van der Waals surface area contributed by atoms with Gasteiger partial charge in [0.15, 0.2) is 6.23 Å². The maximum absolute atomic E-state index is 12.7. The van der Waals surface area contributed by atoms with Crippen molar-refractivity contribution in [3.63, 3.8) is 0 Å². The van der Waals surface area contributed by atoms with Crippen molar-refractivity contribution in [2.24, 2.45) is 0 Å². The van der Waals surface area contributed by atoms with Gasteiger partial charge in [-0.1, -0.05) is 24.3 Å². The summed E-state index contributed by atoms with van der Waals surface area (Å²) >= 11 is 0. The van der Waals surface area contributed by atoms with Crippen molar-refractivity contribution in [3.05, 3.63) is 89.5 Å². The summed E-state index contributed by atoms with van der Waals surface area (Å²) in [6, 6.07) is 23.4. The van der Waals surface area contributed by atoms with Crippen LogP contribution in [0.4, 0.5) is 17.1 Å². The number of amides is 1. The highest BCUT2D eigenvalue weighted by Crippen LogP contribution is 2.24. The molecule has 1 aliphatic heterocycles. The molecule has 6 nitrogen and oxygen atoms in total. The maximum Gasteiger partial charge on any atom is 0.255 e. The van der Waals surface area contributed by atoms with Gasteiger partial charge in [-0.3, -0.25) is 4.79 Å². The first kappa shape index (κ1) is 22.8. The van der Waals surface area contributed by atoms with Crippen molar-refractivity contribution in [2.45, 2.75) is 25.6 Å². The lowest BCUT2D eigenvalue weighted by Crippen LogP contribution is -2.31. The fraction of sp³-hybridized carbons (Fsp3) is 0.296. The fourth-order valence-corrected chi connectivity index (χ4v) is 4.20. The summed E-state index contributed by atoms with van der Waals surface area (Å²) in [6.45, 7) is 4.04. The van der Waals surface area contributed by atoms with Crippen LogP contribution >= 0.6 is 0 Å². The molecule has 3 aromatic rings. The third-order valence-electron chi connectivity index (χ3n) is 6.32. The number of aryl methyl sites for hydroxylation is 1. The van der Waals surface area contributed by atoms with Crippen molar-refractivity contribution in [3.8, 4) is 0 Å². The number of aliphatic hydroxyl groups excluding tert-OH is 1. The lowest BCUT2D eigenvalue weighted by molar-refractivity contribution is 0.102. The third kappa shape index (κ3) is 5.53. The minimum Gasteiger partial charge on any atom is -0.370 e. The number of carbonyl (C=O) groups is 1. The van der Waals surface area contributed by atoms with Crippen molar-refractivity contribution >= 4 is 23.0 Å². The number of carbonyl (C=O) groups excluding carboxylic acids is 1. The normalized spacial score (nSPS) is 16.6. The van der Waals surface area contributed by atoms with E-state index < -0.39 is 6.23 Å². The Morgan fingerprint density at radius 3 is 2.30 bits per heavy atom. The van der Waals surface area contributed by atoms with Gasteiger partial charge in [0.2, 0.25) is 0 Å². The first-order valence-corrected chi connectivity index (χ1v) is 11.3. The average molecular weight is 445 g/mol. The minimum absolute atomic E-state index is 0.164. The van der Waals surface area contributed by atoms with E-state index in [1.807, 2.05) is 43.3 Å². The molecule has 1 amide bonds. The molecule has 2 atom stereocenters. The van der Waals surface area contributed by atoms with Gasteiger partial charge in [0.1, 0.15) is 0 Å². The van der Waals surface area contributed by atoms with Crippen LogP contribution in [0.1, 0.15) is 34.1 Å². The zero-order chi connectivity index (χ0) is 23.4. The third-order valence-corrected chi connectivity index (χ3v) is 6.32. The van der Waals surface area contributed by atoms with Gasteiger partial charge in [-0.05, 0) is 81.5 Å². The highest BCUT2D eigenvalue weighted by atomic mass is 16.3. The zero-order valence-electron chi connectivity index (χ0n) is 19.5. The molecule has 4 rings (SSSR count). The number of hydrogen-bond donors (Lipinski definition) is 3. The summed E-state index contributed by atoms with van der Waals surface area (Å²) < 4.78 is 0. The SMILES string of the molecule is Cc1ccccc1C(O)Nc1ccc(C(=O)Nc2ccc(N3CCC(N(C)C)C3)cc2)cc1. The zero-order valence-corrected chi connectivity index (χ0v) is 19.5. The van der Waals surface area contributed by atoms with E-state index in [-0.39, 0.29) is 5.91 Å². The van der Waals surface area contributed by atoms with E-state index in [0.717, 1.165) is 35.6 Å². The van der Waals surface area contributed by atoms with Gasteiger partial charge >= 0.3 is 0 Å². The van der Waals surface area contributed by atoms with Crippen LogP contribution in [0, 0.1) is 6.92 Å². The molecule has 33 heavy (non-hydrogen) atoms. The summed E-state index contributed by atoms with van der Waals surface area (Å²) in [4.78, 5) is 17.3. The van der Waals surface area contributed by atoms with Gasteiger partial charge in [-0.2, -0.15) is 0 Å². The molecule has 0 aliphatic carbocycles. The molecule has 172 valence electrons. The van der Waals surface area contributed by atoms with Crippen LogP contribution in [0.2, 0.25) is 0 Å². The second kappa shape index (κ2) is 10.1. The summed E-state index contributed by atoms with van der Waals surface area (Å²) in [6.07, 6.45) is 0.353. The summed E-state index contributed by atoms with van der Waals surface area (Å²) in [5.74, 6) is -0.164. The summed E-state index contributed by atoms with van der Waals surface area (Å²) in [5.41, 5.74) is 5.09. The first-order valence-electron chi connectivity index (χ1n) is 11.3. The van der Waals surface area contributed by atoms with Gasteiger partial charge < -0.3 is 25.5 Å². The van der Waals surface area contributed by atoms with E-state index in [0.29, 0.717) is 11.6 Å². The van der Waals surface area contributed by atoms with Gasteiger partial charge in [0.25, 0.3) is 5.91 Å². The van der Waals surface area contributed by atoms with Crippen LogP contribution in [0.25, 0.3) is 0 Å². The number of nitrogens with zero attached hydrogens (tertiary/aromatic N) is 2. The second-order valence-corrected chi connectivity index (χ2v) is 8.83. The molecule has 0 saturated carbocycles. The van der Waals surface area contributed by atoms with Crippen molar-refractivity contribution in [1.82, 2.24) is 4.90 Å². The Labute approximate surface area is 195 Å². The number of rotatable bonds is 7. The predicted octanol–water partition coefficient (Wildman–Crippen LogP) is 4.49. The molecule has 3 aromatic carbocycles. The Bertz CT molecular complexity index is 1080. The summed E-state index contributed by atoms with van der Waals surface area (Å²) in [5, 5.41) is 16.5. The van der Waals surface area contributed by atoms with Gasteiger partial charge in [-0.15, -0.1) is 0 Å². The molecule has 6 heteroatoms. The van der Waals surface area contributed by atoms with Crippen molar-refractivity contribution in [2.75, 3.05) is 42.7 Å². The van der Waals surface area contributed by atoms with Crippen LogP contribution < -0.4 is 15.5 Å². The molecule has 2 unspecified atom stereocenters. The first-order chi connectivity index (χ1) is 15.9. The van der Waals surface area contributed by atoms with Crippen molar-refractivity contribution < 1.29 is 9.90 Å². The van der Waals surface area contributed by atoms with E-state index in [2.05, 4.69) is 46.7 Å². The molecule has 3 N–H and O–H groups in total. The quantitative estimate of drug-likeness (QED) is 0.469. The standard InChI is InChI=1S/C27H32N4O2/c1-19-6-4-5-7-25(19)27(33)29-21-10-8-20(9-11-21)26(32)28-22-12-14-23(15-13-22)31-17-16-24(18-31)30(2)3/h4-15,24,27,29,33H,16-18H2,1-3H3,(H,28,32). The number of hydrogen-bond acceptors (Lipinski definition) is 5. The average Bonchev–Trinajstić information content (AvgIpc) is 3.31. The van der Waals surface area contributed by atoms with E-state index in [1.165, 1.54) is 12.1 Å². The minimum atomic E-state index is -0.812. The van der Waals surface area contributed by atoms with Gasteiger partial charge in [-0.25, -0.2) is 0 Å².